The minimum absolute atomic E-state index is 0.0486. The molecule has 1 saturated carbocycles. The Balaban J connectivity index is 2.38. The van der Waals surface area contributed by atoms with Crippen molar-refractivity contribution in [3.05, 3.63) is 22.8 Å². The first-order chi connectivity index (χ1) is 16.3. The van der Waals surface area contributed by atoms with Crippen molar-refractivity contribution in [3.63, 3.8) is 0 Å². The predicted octanol–water partition coefficient (Wildman–Crippen LogP) is 4.39. The van der Waals surface area contributed by atoms with Gasteiger partial charge in [0.05, 0.1) is 13.7 Å². The highest BCUT2D eigenvalue weighted by Crippen LogP contribution is 2.61. The molecule has 0 spiro atoms. The highest BCUT2D eigenvalue weighted by Gasteiger charge is 2.59. The van der Waals surface area contributed by atoms with Gasteiger partial charge in [-0.15, -0.1) is 0 Å². The summed E-state index contributed by atoms with van der Waals surface area (Å²) in [5, 5.41) is 0. The van der Waals surface area contributed by atoms with Crippen LogP contribution < -0.4 is 9.47 Å². The molecule has 0 radical (unpaired) electrons. The van der Waals surface area contributed by atoms with E-state index in [0.29, 0.717) is 24.0 Å². The van der Waals surface area contributed by atoms with Gasteiger partial charge in [-0.05, 0) is 42.6 Å². The maximum Gasteiger partial charge on any atom is 0.316 e. The lowest BCUT2D eigenvalue weighted by Gasteiger charge is -2.54. The van der Waals surface area contributed by atoms with E-state index in [-0.39, 0.29) is 41.3 Å². The summed E-state index contributed by atoms with van der Waals surface area (Å²) in [5.41, 5.74) is 0.802. The van der Waals surface area contributed by atoms with Gasteiger partial charge in [0.2, 0.25) is 0 Å². The van der Waals surface area contributed by atoms with E-state index < -0.39 is 23.3 Å². The van der Waals surface area contributed by atoms with Gasteiger partial charge < -0.3 is 18.9 Å². The Bertz CT molecular complexity index is 1040. The summed E-state index contributed by atoms with van der Waals surface area (Å²) in [7, 11) is 1.37. The van der Waals surface area contributed by atoms with E-state index in [9.17, 15) is 19.2 Å². The third-order valence-corrected chi connectivity index (χ3v) is 7.53. The number of carbonyl (C=O) groups is 4. The lowest BCUT2D eigenvalue weighted by Crippen LogP contribution is -2.55. The Labute approximate surface area is 206 Å². The highest BCUT2D eigenvalue weighted by molar-refractivity contribution is 5.88. The minimum Gasteiger partial charge on any atom is -0.468 e. The van der Waals surface area contributed by atoms with Crippen molar-refractivity contribution in [2.45, 2.75) is 85.0 Å². The number of benzene rings is 1. The second-order valence-corrected chi connectivity index (χ2v) is 10.4. The standard InChI is InChI=1S/C27H36O8/c1-15(14-33-16(2)28)20-13-19-9-10-21-26(5,6)11-8-12-27(21,25(31)32-7)22(19)24(35-18(4)30)23(20)34-17(3)29/h13,15,21H,8-12,14H2,1-7H3/t15?,21-,27+/m0/s1. The SMILES string of the molecule is COC(=O)[C@]12CCCC(C)(C)[C@@H]1CCc1cc(C(C)COC(C)=O)c(OC(C)=O)c(OC(C)=O)c12. The minimum atomic E-state index is -1.04. The fourth-order valence-electron chi connectivity index (χ4n) is 6.19. The van der Waals surface area contributed by atoms with Crippen molar-refractivity contribution in [3.8, 4) is 11.5 Å². The van der Waals surface area contributed by atoms with Crippen LogP contribution in [0.2, 0.25) is 0 Å². The maximum atomic E-state index is 13.6. The molecule has 1 aromatic rings. The van der Waals surface area contributed by atoms with Crippen molar-refractivity contribution in [2.75, 3.05) is 13.7 Å². The summed E-state index contributed by atoms with van der Waals surface area (Å²) in [5.74, 6) is -2.23. The molecule has 1 aromatic carbocycles. The van der Waals surface area contributed by atoms with Crippen molar-refractivity contribution < 1.29 is 38.1 Å². The lowest BCUT2D eigenvalue weighted by atomic mass is 9.49. The molecule has 8 heteroatoms. The summed E-state index contributed by atoms with van der Waals surface area (Å²) in [6, 6.07) is 1.90. The number of fused-ring (bicyclic) bond motifs is 3. The highest BCUT2D eigenvalue weighted by atomic mass is 16.6. The number of hydrogen-bond acceptors (Lipinski definition) is 8. The van der Waals surface area contributed by atoms with E-state index in [1.807, 2.05) is 13.0 Å². The van der Waals surface area contributed by atoms with Crippen LogP contribution in [0.4, 0.5) is 0 Å². The molecular formula is C27H36O8. The van der Waals surface area contributed by atoms with Gasteiger partial charge in [-0.3, -0.25) is 19.2 Å². The topological polar surface area (TPSA) is 105 Å². The van der Waals surface area contributed by atoms with E-state index in [2.05, 4.69) is 13.8 Å². The number of hydrogen-bond donors (Lipinski definition) is 0. The molecule has 0 aromatic heterocycles. The van der Waals surface area contributed by atoms with Crippen LogP contribution in [-0.2, 0) is 40.5 Å². The van der Waals surface area contributed by atoms with Crippen LogP contribution in [0.15, 0.2) is 6.07 Å². The lowest BCUT2D eigenvalue weighted by molar-refractivity contribution is -0.157. The van der Waals surface area contributed by atoms with Gasteiger partial charge in [-0.1, -0.05) is 33.3 Å². The van der Waals surface area contributed by atoms with E-state index in [1.165, 1.54) is 27.9 Å². The molecule has 0 bridgehead atoms. The monoisotopic (exact) mass is 488 g/mol. The van der Waals surface area contributed by atoms with Gasteiger partial charge in [-0.25, -0.2) is 0 Å². The Kier molecular flexibility index (Phi) is 7.62. The zero-order valence-electron chi connectivity index (χ0n) is 21.7. The number of aryl methyl sites for hydroxylation is 1. The van der Waals surface area contributed by atoms with Crippen molar-refractivity contribution in [1.82, 2.24) is 0 Å². The fourth-order valence-corrected chi connectivity index (χ4v) is 6.19. The summed E-state index contributed by atoms with van der Waals surface area (Å²) in [6.45, 7) is 10.1. The first kappa shape index (κ1) is 26.7. The average Bonchev–Trinajstić information content (AvgIpc) is 2.76. The van der Waals surface area contributed by atoms with Crippen molar-refractivity contribution in [2.24, 2.45) is 11.3 Å². The maximum absolute atomic E-state index is 13.6. The van der Waals surface area contributed by atoms with Crippen LogP contribution in [0.3, 0.4) is 0 Å². The van der Waals surface area contributed by atoms with E-state index in [4.69, 9.17) is 18.9 Å². The Hall–Kier alpha value is -2.90. The van der Waals surface area contributed by atoms with Crippen LogP contribution in [-0.4, -0.2) is 37.6 Å². The van der Waals surface area contributed by atoms with E-state index in [0.717, 1.165) is 24.8 Å². The quantitative estimate of drug-likeness (QED) is 0.429. The number of esters is 4. The number of methoxy groups -OCH3 is 1. The molecule has 0 N–H and O–H groups in total. The zero-order valence-corrected chi connectivity index (χ0v) is 21.7. The molecule has 0 saturated heterocycles. The summed E-state index contributed by atoms with van der Waals surface area (Å²) in [6.07, 6.45) is 3.72. The van der Waals surface area contributed by atoms with Gasteiger partial charge >= 0.3 is 23.9 Å². The molecule has 8 nitrogen and oxygen atoms in total. The van der Waals surface area contributed by atoms with E-state index >= 15 is 0 Å². The molecule has 1 fully saturated rings. The van der Waals surface area contributed by atoms with Crippen LogP contribution >= 0.6 is 0 Å². The summed E-state index contributed by atoms with van der Waals surface area (Å²) in [4.78, 5) is 49.5. The molecule has 3 rings (SSSR count). The second kappa shape index (κ2) is 9.99. The van der Waals surface area contributed by atoms with Gasteiger partial charge in [0, 0.05) is 37.8 Å². The number of carbonyl (C=O) groups excluding carboxylic acids is 4. The smallest absolute Gasteiger partial charge is 0.316 e. The van der Waals surface area contributed by atoms with Crippen molar-refractivity contribution >= 4 is 23.9 Å². The largest absolute Gasteiger partial charge is 0.468 e. The van der Waals surface area contributed by atoms with Crippen LogP contribution in [0.25, 0.3) is 0 Å². The normalized spacial score (nSPS) is 23.2. The Morgan fingerprint density at radius 2 is 1.63 bits per heavy atom. The third kappa shape index (κ3) is 4.93. The Morgan fingerprint density at radius 1 is 1.00 bits per heavy atom. The molecule has 35 heavy (non-hydrogen) atoms. The molecule has 0 aliphatic heterocycles. The fraction of sp³-hybridized carbons (Fsp3) is 0.630. The number of rotatable bonds is 6. The van der Waals surface area contributed by atoms with Gasteiger partial charge in [0.15, 0.2) is 11.5 Å². The molecule has 2 aliphatic carbocycles. The van der Waals surface area contributed by atoms with Gasteiger partial charge in [-0.2, -0.15) is 0 Å². The van der Waals surface area contributed by atoms with Gasteiger partial charge in [0.1, 0.15) is 5.41 Å². The predicted molar refractivity (Wildman–Crippen MR) is 127 cm³/mol. The first-order valence-corrected chi connectivity index (χ1v) is 12.1. The summed E-state index contributed by atoms with van der Waals surface area (Å²) >= 11 is 0. The number of ether oxygens (including phenoxy) is 4. The third-order valence-electron chi connectivity index (χ3n) is 7.53. The first-order valence-electron chi connectivity index (χ1n) is 12.1. The van der Waals surface area contributed by atoms with Crippen LogP contribution in [0, 0.1) is 11.3 Å². The molecule has 1 unspecified atom stereocenters. The molecular weight excluding hydrogens is 452 g/mol. The molecule has 2 aliphatic rings. The summed E-state index contributed by atoms with van der Waals surface area (Å²) < 4.78 is 22.0. The zero-order chi connectivity index (χ0) is 26.1. The molecule has 0 amide bonds. The molecule has 3 atom stereocenters. The van der Waals surface area contributed by atoms with Crippen molar-refractivity contribution in [1.29, 1.82) is 0 Å². The average molecular weight is 489 g/mol. The second-order valence-electron chi connectivity index (χ2n) is 10.4. The van der Waals surface area contributed by atoms with Crippen LogP contribution in [0.1, 0.15) is 89.8 Å². The van der Waals surface area contributed by atoms with Gasteiger partial charge in [0.25, 0.3) is 0 Å². The van der Waals surface area contributed by atoms with E-state index in [1.54, 1.807) is 0 Å². The Morgan fingerprint density at radius 3 is 2.20 bits per heavy atom. The van der Waals surface area contributed by atoms with Crippen LogP contribution in [0.5, 0.6) is 11.5 Å². The molecule has 192 valence electrons. The molecule has 0 heterocycles.